The Kier molecular flexibility index (Phi) is 4.72. The molecule has 0 aromatic heterocycles. The second-order valence-corrected chi connectivity index (χ2v) is 5.76. The van der Waals surface area contributed by atoms with E-state index in [9.17, 15) is 9.59 Å². The summed E-state index contributed by atoms with van der Waals surface area (Å²) in [6.45, 7) is 8.41. The number of hydrogen-bond acceptors (Lipinski definition) is 2. The molecule has 98 valence electrons. The Morgan fingerprint density at radius 1 is 1.29 bits per heavy atom. The fraction of sp³-hybridized carbons (Fsp3) is 0.857. The zero-order valence-electron chi connectivity index (χ0n) is 11.6. The van der Waals surface area contributed by atoms with Crippen molar-refractivity contribution in [3.8, 4) is 0 Å². The van der Waals surface area contributed by atoms with E-state index in [0.717, 1.165) is 25.8 Å². The van der Waals surface area contributed by atoms with Gasteiger partial charge in [0.1, 0.15) is 5.78 Å². The van der Waals surface area contributed by atoms with E-state index < -0.39 is 0 Å². The summed E-state index contributed by atoms with van der Waals surface area (Å²) in [5, 5.41) is 0. The molecule has 1 aliphatic carbocycles. The Bertz CT molecular complexity index is 293. The number of nitrogens with zero attached hydrogens (tertiary/aromatic N) is 1. The third-order valence-corrected chi connectivity index (χ3v) is 3.69. The molecule has 0 atom stereocenters. The first kappa shape index (κ1) is 14.2. The summed E-state index contributed by atoms with van der Waals surface area (Å²) in [6.07, 6.45) is 4.49. The van der Waals surface area contributed by atoms with Crippen molar-refractivity contribution in [2.24, 2.45) is 5.41 Å². The largest absolute Gasteiger partial charge is 0.340 e. The van der Waals surface area contributed by atoms with Gasteiger partial charge in [0.15, 0.2) is 0 Å². The third-order valence-electron chi connectivity index (χ3n) is 3.69. The van der Waals surface area contributed by atoms with Crippen LogP contribution in [0.3, 0.4) is 0 Å². The topological polar surface area (TPSA) is 37.4 Å². The molecule has 3 heteroatoms. The van der Waals surface area contributed by atoms with Gasteiger partial charge in [0.2, 0.25) is 5.91 Å². The van der Waals surface area contributed by atoms with Crippen molar-refractivity contribution in [2.75, 3.05) is 6.54 Å². The Hall–Kier alpha value is -0.860. The van der Waals surface area contributed by atoms with Crippen LogP contribution in [-0.4, -0.2) is 29.2 Å². The first-order chi connectivity index (χ1) is 7.88. The van der Waals surface area contributed by atoms with Gasteiger partial charge in [-0.15, -0.1) is 0 Å². The van der Waals surface area contributed by atoms with E-state index in [1.54, 1.807) is 6.92 Å². The number of Topliss-reactive ketones (excluding diaryl/α,β-unsaturated/α-hetero) is 1. The minimum absolute atomic E-state index is 0.166. The number of carbonyl (C=O) groups is 2. The van der Waals surface area contributed by atoms with E-state index in [1.807, 2.05) is 18.7 Å². The van der Waals surface area contributed by atoms with E-state index in [-0.39, 0.29) is 17.1 Å². The lowest BCUT2D eigenvalue weighted by Crippen LogP contribution is -2.35. The Balaban J connectivity index is 2.44. The zero-order valence-corrected chi connectivity index (χ0v) is 11.6. The second-order valence-electron chi connectivity index (χ2n) is 5.76. The highest BCUT2D eigenvalue weighted by atomic mass is 16.2. The predicted molar refractivity (Wildman–Crippen MR) is 68.7 cm³/mol. The van der Waals surface area contributed by atoms with Crippen molar-refractivity contribution >= 4 is 11.7 Å². The quantitative estimate of drug-likeness (QED) is 0.685. The van der Waals surface area contributed by atoms with Gasteiger partial charge in [-0.3, -0.25) is 9.59 Å². The van der Waals surface area contributed by atoms with E-state index in [2.05, 4.69) is 6.92 Å². The molecule has 0 spiro atoms. The predicted octanol–water partition coefficient (Wildman–Crippen LogP) is 2.78. The Morgan fingerprint density at radius 2 is 1.88 bits per heavy atom. The van der Waals surface area contributed by atoms with Crippen LogP contribution in [0.1, 0.15) is 59.8 Å². The maximum absolute atomic E-state index is 12.1. The average molecular weight is 239 g/mol. The molecule has 0 radical (unpaired) electrons. The Labute approximate surface area is 105 Å². The van der Waals surface area contributed by atoms with Crippen LogP contribution in [0.5, 0.6) is 0 Å². The fourth-order valence-corrected chi connectivity index (χ4v) is 1.88. The Morgan fingerprint density at radius 3 is 2.29 bits per heavy atom. The summed E-state index contributed by atoms with van der Waals surface area (Å²) in [4.78, 5) is 25.5. The molecule has 1 aliphatic rings. The van der Waals surface area contributed by atoms with Crippen molar-refractivity contribution in [3.63, 3.8) is 0 Å². The molecule has 0 aliphatic heterocycles. The minimum atomic E-state index is -0.364. The van der Waals surface area contributed by atoms with Crippen molar-refractivity contribution in [3.05, 3.63) is 0 Å². The van der Waals surface area contributed by atoms with E-state index in [0.29, 0.717) is 18.9 Å². The normalized spacial score (nSPS) is 15.8. The van der Waals surface area contributed by atoms with Crippen LogP contribution in [-0.2, 0) is 9.59 Å². The maximum atomic E-state index is 12.1. The van der Waals surface area contributed by atoms with Crippen molar-refractivity contribution < 1.29 is 9.59 Å². The average Bonchev–Trinajstić information content (AvgIpc) is 3.06. The van der Waals surface area contributed by atoms with Crippen LogP contribution in [0.4, 0.5) is 0 Å². The fourth-order valence-electron chi connectivity index (χ4n) is 1.88. The lowest BCUT2D eigenvalue weighted by Gasteiger charge is -2.25. The molecule has 17 heavy (non-hydrogen) atoms. The van der Waals surface area contributed by atoms with E-state index in [1.165, 1.54) is 0 Å². The second kappa shape index (κ2) is 5.65. The number of ketones is 1. The minimum Gasteiger partial charge on any atom is -0.340 e. The van der Waals surface area contributed by atoms with Gasteiger partial charge in [-0.1, -0.05) is 20.8 Å². The van der Waals surface area contributed by atoms with Crippen molar-refractivity contribution in [1.29, 1.82) is 0 Å². The zero-order chi connectivity index (χ0) is 13.1. The highest BCUT2D eigenvalue weighted by molar-refractivity contribution is 5.83. The molecule has 0 aromatic rings. The number of rotatable bonds is 7. The monoisotopic (exact) mass is 239 g/mol. The van der Waals surface area contributed by atoms with Crippen LogP contribution in [0.15, 0.2) is 0 Å². The molecule has 1 fully saturated rings. The van der Waals surface area contributed by atoms with Gasteiger partial charge in [-0.25, -0.2) is 0 Å². The van der Waals surface area contributed by atoms with Crippen LogP contribution in [0.25, 0.3) is 0 Å². The summed E-state index contributed by atoms with van der Waals surface area (Å²) >= 11 is 0. The first-order valence-electron chi connectivity index (χ1n) is 6.69. The molecule has 0 bridgehead atoms. The molecule has 0 N–H and O–H groups in total. The lowest BCUT2D eigenvalue weighted by molar-refractivity contribution is -0.133. The molecule has 0 aromatic carbocycles. The number of carbonyl (C=O) groups excluding carboxylic acids is 2. The molecule has 0 heterocycles. The van der Waals surface area contributed by atoms with Gasteiger partial charge in [-0.05, 0) is 32.6 Å². The van der Waals surface area contributed by atoms with Crippen LogP contribution >= 0.6 is 0 Å². The SMILES string of the molecule is CCCN(C(=O)CCC(C)(C)C(C)=O)C1CC1. The molecular formula is C14H25NO2. The van der Waals surface area contributed by atoms with E-state index >= 15 is 0 Å². The van der Waals surface area contributed by atoms with Gasteiger partial charge in [-0.2, -0.15) is 0 Å². The lowest BCUT2D eigenvalue weighted by atomic mass is 9.84. The van der Waals surface area contributed by atoms with Gasteiger partial charge >= 0.3 is 0 Å². The van der Waals surface area contributed by atoms with Gasteiger partial charge in [0, 0.05) is 24.4 Å². The van der Waals surface area contributed by atoms with Gasteiger partial charge in [0.25, 0.3) is 0 Å². The molecule has 0 saturated heterocycles. The number of hydrogen-bond donors (Lipinski definition) is 0. The summed E-state index contributed by atoms with van der Waals surface area (Å²) in [5.74, 6) is 0.391. The third kappa shape index (κ3) is 4.14. The highest BCUT2D eigenvalue weighted by Gasteiger charge is 2.33. The van der Waals surface area contributed by atoms with Crippen LogP contribution in [0.2, 0.25) is 0 Å². The molecule has 1 amide bonds. The van der Waals surface area contributed by atoms with Crippen molar-refractivity contribution in [2.45, 2.75) is 65.8 Å². The highest BCUT2D eigenvalue weighted by Crippen LogP contribution is 2.29. The first-order valence-corrected chi connectivity index (χ1v) is 6.69. The van der Waals surface area contributed by atoms with Crippen molar-refractivity contribution in [1.82, 2.24) is 4.90 Å². The molecule has 0 unspecified atom stereocenters. The van der Waals surface area contributed by atoms with Gasteiger partial charge < -0.3 is 4.90 Å². The molecule has 1 saturated carbocycles. The van der Waals surface area contributed by atoms with Crippen LogP contribution in [0, 0.1) is 5.41 Å². The smallest absolute Gasteiger partial charge is 0.222 e. The number of amides is 1. The standard InChI is InChI=1S/C14H25NO2/c1-5-10-15(12-6-7-12)13(17)8-9-14(3,4)11(2)16/h12H,5-10H2,1-4H3. The molecule has 1 rings (SSSR count). The molecular weight excluding hydrogens is 214 g/mol. The van der Waals surface area contributed by atoms with E-state index in [4.69, 9.17) is 0 Å². The summed E-state index contributed by atoms with van der Waals surface area (Å²) in [7, 11) is 0. The summed E-state index contributed by atoms with van der Waals surface area (Å²) in [5.41, 5.74) is -0.364. The maximum Gasteiger partial charge on any atom is 0.222 e. The van der Waals surface area contributed by atoms with Crippen LogP contribution < -0.4 is 0 Å². The summed E-state index contributed by atoms with van der Waals surface area (Å²) in [6, 6.07) is 0.489. The van der Waals surface area contributed by atoms with Gasteiger partial charge in [0.05, 0.1) is 0 Å². The molecule has 3 nitrogen and oxygen atoms in total. The summed E-state index contributed by atoms with van der Waals surface area (Å²) < 4.78 is 0.